The molecule has 19 heavy (non-hydrogen) atoms. The number of halogens is 3. The fourth-order valence-corrected chi connectivity index (χ4v) is 2.32. The third-order valence-corrected chi connectivity index (χ3v) is 4.07. The van der Waals surface area contributed by atoms with Crippen molar-refractivity contribution in [2.24, 2.45) is 0 Å². The molecule has 0 saturated carbocycles. The van der Waals surface area contributed by atoms with Crippen molar-refractivity contribution >= 4 is 33.3 Å². The van der Waals surface area contributed by atoms with Gasteiger partial charge in [-0.2, -0.15) is 0 Å². The number of aryl methyl sites for hydroxylation is 1. The first-order valence-electron chi connectivity index (χ1n) is 5.70. The maximum Gasteiger partial charge on any atom is 0.167 e. The van der Waals surface area contributed by atoms with Crippen LogP contribution in [-0.4, -0.2) is 5.78 Å². The van der Waals surface area contributed by atoms with E-state index in [1.807, 2.05) is 13.0 Å². The highest BCUT2D eigenvalue weighted by Gasteiger charge is 2.11. The number of ketones is 1. The Kier molecular flexibility index (Phi) is 4.38. The van der Waals surface area contributed by atoms with E-state index in [1.165, 1.54) is 12.1 Å². The lowest BCUT2D eigenvalue weighted by molar-refractivity contribution is 0.0993. The second-order valence-corrected chi connectivity index (χ2v) is 5.56. The summed E-state index contributed by atoms with van der Waals surface area (Å²) in [6, 6.07) is 9.51. The molecule has 0 bridgehead atoms. The third kappa shape index (κ3) is 3.43. The van der Waals surface area contributed by atoms with Gasteiger partial charge in [0.15, 0.2) is 5.78 Å². The SMILES string of the molecule is Cc1ccc(C(=O)Cc2ccc(F)cc2Cl)cc1Br. The lowest BCUT2D eigenvalue weighted by Crippen LogP contribution is -2.04. The topological polar surface area (TPSA) is 17.1 Å². The van der Waals surface area contributed by atoms with E-state index in [-0.39, 0.29) is 17.2 Å². The van der Waals surface area contributed by atoms with Gasteiger partial charge in [-0.3, -0.25) is 4.79 Å². The lowest BCUT2D eigenvalue weighted by atomic mass is 10.0. The maximum atomic E-state index is 12.9. The van der Waals surface area contributed by atoms with E-state index in [9.17, 15) is 9.18 Å². The summed E-state index contributed by atoms with van der Waals surface area (Å²) in [7, 11) is 0. The quantitative estimate of drug-likeness (QED) is 0.720. The Morgan fingerprint density at radius 3 is 2.63 bits per heavy atom. The average molecular weight is 342 g/mol. The second-order valence-electron chi connectivity index (χ2n) is 4.30. The van der Waals surface area contributed by atoms with Crippen LogP contribution in [0, 0.1) is 12.7 Å². The molecule has 0 aliphatic rings. The van der Waals surface area contributed by atoms with E-state index >= 15 is 0 Å². The van der Waals surface area contributed by atoms with Crippen LogP contribution in [0.25, 0.3) is 0 Å². The summed E-state index contributed by atoms with van der Waals surface area (Å²) < 4.78 is 13.8. The van der Waals surface area contributed by atoms with Gasteiger partial charge in [0.2, 0.25) is 0 Å². The Labute approximate surface area is 124 Å². The van der Waals surface area contributed by atoms with Gasteiger partial charge in [-0.1, -0.05) is 45.7 Å². The van der Waals surface area contributed by atoms with E-state index in [4.69, 9.17) is 11.6 Å². The maximum absolute atomic E-state index is 12.9. The number of hydrogen-bond acceptors (Lipinski definition) is 1. The average Bonchev–Trinajstić information content (AvgIpc) is 2.36. The highest BCUT2D eigenvalue weighted by atomic mass is 79.9. The zero-order valence-corrected chi connectivity index (χ0v) is 12.6. The third-order valence-electron chi connectivity index (χ3n) is 2.86. The van der Waals surface area contributed by atoms with Crippen molar-refractivity contribution < 1.29 is 9.18 Å². The first-order chi connectivity index (χ1) is 8.97. The van der Waals surface area contributed by atoms with Gasteiger partial charge in [-0.05, 0) is 36.2 Å². The fourth-order valence-electron chi connectivity index (χ4n) is 1.71. The van der Waals surface area contributed by atoms with Crippen LogP contribution in [0.4, 0.5) is 4.39 Å². The number of rotatable bonds is 3. The van der Waals surface area contributed by atoms with E-state index < -0.39 is 5.82 Å². The molecule has 0 amide bonds. The molecule has 0 atom stereocenters. The van der Waals surface area contributed by atoms with Crippen LogP contribution < -0.4 is 0 Å². The van der Waals surface area contributed by atoms with Gasteiger partial charge in [-0.15, -0.1) is 0 Å². The summed E-state index contributed by atoms with van der Waals surface area (Å²) >= 11 is 9.31. The molecule has 1 nitrogen and oxygen atoms in total. The fraction of sp³-hybridized carbons (Fsp3) is 0.133. The summed E-state index contributed by atoms with van der Waals surface area (Å²) in [5.41, 5.74) is 2.30. The lowest BCUT2D eigenvalue weighted by Gasteiger charge is -2.06. The highest BCUT2D eigenvalue weighted by molar-refractivity contribution is 9.10. The molecule has 0 aromatic heterocycles. The minimum Gasteiger partial charge on any atom is -0.294 e. The Morgan fingerprint density at radius 1 is 1.26 bits per heavy atom. The van der Waals surface area contributed by atoms with Crippen molar-refractivity contribution in [2.45, 2.75) is 13.3 Å². The Morgan fingerprint density at radius 2 is 2.00 bits per heavy atom. The predicted molar refractivity (Wildman–Crippen MR) is 78.3 cm³/mol. The highest BCUT2D eigenvalue weighted by Crippen LogP contribution is 2.22. The smallest absolute Gasteiger partial charge is 0.167 e. The van der Waals surface area contributed by atoms with Crippen LogP contribution >= 0.6 is 27.5 Å². The van der Waals surface area contributed by atoms with E-state index in [0.717, 1.165) is 10.0 Å². The van der Waals surface area contributed by atoms with Crippen LogP contribution in [0.5, 0.6) is 0 Å². The molecule has 98 valence electrons. The summed E-state index contributed by atoms with van der Waals surface area (Å²) in [4.78, 5) is 12.1. The standard InChI is InChI=1S/C15H11BrClFO/c1-9-2-3-11(6-13(9)16)15(19)7-10-4-5-12(18)8-14(10)17/h2-6,8H,7H2,1H3. The molecule has 2 aromatic carbocycles. The molecule has 0 radical (unpaired) electrons. The molecule has 2 aromatic rings. The van der Waals surface area contributed by atoms with Crippen molar-refractivity contribution in [2.75, 3.05) is 0 Å². The van der Waals surface area contributed by atoms with Crippen LogP contribution in [0.1, 0.15) is 21.5 Å². The molecular weight excluding hydrogens is 331 g/mol. The summed E-state index contributed by atoms with van der Waals surface area (Å²) in [6.07, 6.45) is 0.161. The van der Waals surface area contributed by atoms with Gasteiger partial charge >= 0.3 is 0 Å². The predicted octanol–water partition coefficient (Wildman–Crippen LogP) is 4.98. The molecule has 0 aliphatic heterocycles. The zero-order chi connectivity index (χ0) is 14.0. The number of hydrogen-bond donors (Lipinski definition) is 0. The first kappa shape index (κ1) is 14.2. The summed E-state index contributed by atoms with van der Waals surface area (Å²) in [5, 5.41) is 0.277. The zero-order valence-electron chi connectivity index (χ0n) is 10.2. The molecule has 0 spiro atoms. The minimum absolute atomic E-state index is 0.0470. The molecule has 0 fully saturated rings. The van der Waals surface area contributed by atoms with Crippen LogP contribution in [0.15, 0.2) is 40.9 Å². The Bertz CT molecular complexity index is 640. The van der Waals surface area contributed by atoms with E-state index in [1.54, 1.807) is 18.2 Å². The van der Waals surface area contributed by atoms with Crippen molar-refractivity contribution in [3.05, 3.63) is 68.4 Å². The van der Waals surface area contributed by atoms with Gasteiger partial charge in [0.25, 0.3) is 0 Å². The Balaban J connectivity index is 2.23. The van der Waals surface area contributed by atoms with Gasteiger partial charge in [-0.25, -0.2) is 4.39 Å². The van der Waals surface area contributed by atoms with Crippen molar-refractivity contribution in [3.63, 3.8) is 0 Å². The molecule has 4 heteroatoms. The monoisotopic (exact) mass is 340 g/mol. The first-order valence-corrected chi connectivity index (χ1v) is 6.88. The normalized spacial score (nSPS) is 10.5. The number of benzene rings is 2. The Hall–Kier alpha value is -1.19. The van der Waals surface area contributed by atoms with E-state index in [2.05, 4.69) is 15.9 Å². The van der Waals surface area contributed by atoms with Crippen LogP contribution in [-0.2, 0) is 6.42 Å². The van der Waals surface area contributed by atoms with Crippen molar-refractivity contribution in [1.29, 1.82) is 0 Å². The van der Waals surface area contributed by atoms with Gasteiger partial charge < -0.3 is 0 Å². The largest absolute Gasteiger partial charge is 0.294 e. The molecule has 0 N–H and O–H groups in total. The summed E-state index contributed by atoms with van der Waals surface area (Å²) in [5.74, 6) is -0.450. The minimum atomic E-state index is -0.403. The van der Waals surface area contributed by atoms with Crippen molar-refractivity contribution in [3.8, 4) is 0 Å². The summed E-state index contributed by atoms with van der Waals surface area (Å²) in [6.45, 7) is 1.95. The second kappa shape index (κ2) is 5.85. The molecular formula is C15H11BrClFO. The molecule has 0 heterocycles. The molecule has 0 unspecified atom stereocenters. The van der Waals surface area contributed by atoms with Crippen LogP contribution in [0.3, 0.4) is 0 Å². The molecule has 2 rings (SSSR count). The molecule has 0 aliphatic carbocycles. The number of carbonyl (C=O) groups is 1. The van der Waals surface area contributed by atoms with Crippen molar-refractivity contribution in [1.82, 2.24) is 0 Å². The number of Topliss-reactive ketones (excluding diaryl/α,β-unsaturated/α-hetero) is 1. The van der Waals surface area contributed by atoms with Gasteiger partial charge in [0.1, 0.15) is 5.82 Å². The van der Waals surface area contributed by atoms with E-state index in [0.29, 0.717) is 11.1 Å². The van der Waals surface area contributed by atoms with Crippen LogP contribution in [0.2, 0.25) is 5.02 Å². The van der Waals surface area contributed by atoms with Gasteiger partial charge in [0.05, 0.1) is 0 Å². The molecule has 0 saturated heterocycles. The van der Waals surface area contributed by atoms with Gasteiger partial charge in [0, 0.05) is 21.5 Å². The number of carbonyl (C=O) groups excluding carboxylic acids is 1.